The summed E-state index contributed by atoms with van der Waals surface area (Å²) in [5, 5.41) is 5.06. The average Bonchev–Trinajstić information content (AvgIpc) is 2.24. The summed E-state index contributed by atoms with van der Waals surface area (Å²) in [6, 6.07) is 4.24. The van der Waals surface area contributed by atoms with Crippen molar-refractivity contribution in [2.75, 3.05) is 0 Å². The van der Waals surface area contributed by atoms with E-state index in [1.165, 1.54) is 12.1 Å². The predicted octanol–water partition coefficient (Wildman–Crippen LogP) is 1.85. The highest BCUT2D eigenvalue weighted by Gasteiger charge is 2.21. The van der Waals surface area contributed by atoms with Crippen LogP contribution in [0.2, 0.25) is 0 Å². The molecule has 0 amide bonds. The molecule has 1 aromatic rings. The van der Waals surface area contributed by atoms with Crippen LogP contribution in [0.15, 0.2) is 23.1 Å². The summed E-state index contributed by atoms with van der Waals surface area (Å²) in [5.41, 5.74) is 0.324. The van der Waals surface area contributed by atoms with E-state index in [0.717, 1.165) is 5.56 Å². The lowest BCUT2D eigenvalue weighted by atomic mass is 10.1. The first-order valence-corrected chi connectivity index (χ1v) is 7.48. The van der Waals surface area contributed by atoms with Gasteiger partial charge in [0.25, 0.3) is 0 Å². The molecule has 106 valence electrons. The van der Waals surface area contributed by atoms with Gasteiger partial charge in [0.2, 0.25) is 10.0 Å². The molecule has 5 nitrogen and oxygen atoms in total. The largest absolute Gasteiger partial charge is 0.456 e. The van der Waals surface area contributed by atoms with Crippen LogP contribution in [0.25, 0.3) is 0 Å². The fourth-order valence-electron chi connectivity index (χ4n) is 1.56. The van der Waals surface area contributed by atoms with Crippen molar-refractivity contribution in [2.24, 2.45) is 5.14 Å². The van der Waals surface area contributed by atoms with Crippen molar-refractivity contribution >= 4 is 16.0 Å². The van der Waals surface area contributed by atoms with Crippen LogP contribution in [0, 0.1) is 0 Å². The van der Waals surface area contributed by atoms with E-state index in [4.69, 9.17) is 9.88 Å². The minimum absolute atomic E-state index is 0.0921. The van der Waals surface area contributed by atoms with Gasteiger partial charge in [-0.2, -0.15) is 0 Å². The third-order valence-electron chi connectivity index (χ3n) is 2.41. The minimum atomic E-state index is -3.84. The summed E-state index contributed by atoms with van der Waals surface area (Å²) in [4.78, 5) is 12.0. The SMILES string of the molecule is CCc1ccc(S(N)(=O)=O)cc1C(=O)OC(C)(C)C. The van der Waals surface area contributed by atoms with Gasteiger partial charge in [-0.3, -0.25) is 0 Å². The molecule has 0 aliphatic carbocycles. The van der Waals surface area contributed by atoms with E-state index in [9.17, 15) is 13.2 Å². The van der Waals surface area contributed by atoms with E-state index in [1.54, 1.807) is 26.8 Å². The smallest absolute Gasteiger partial charge is 0.338 e. The van der Waals surface area contributed by atoms with Crippen LogP contribution >= 0.6 is 0 Å². The van der Waals surface area contributed by atoms with Crippen molar-refractivity contribution in [3.05, 3.63) is 29.3 Å². The molecule has 6 heteroatoms. The molecule has 1 aromatic carbocycles. The molecule has 2 N–H and O–H groups in total. The van der Waals surface area contributed by atoms with Crippen molar-refractivity contribution in [1.82, 2.24) is 0 Å². The third kappa shape index (κ3) is 4.33. The van der Waals surface area contributed by atoms with Gasteiger partial charge < -0.3 is 4.74 Å². The summed E-state index contributed by atoms with van der Waals surface area (Å²) in [6.45, 7) is 7.12. The van der Waals surface area contributed by atoms with Crippen LogP contribution in [0.3, 0.4) is 0 Å². The summed E-state index contributed by atoms with van der Waals surface area (Å²) in [5.74, 6) is -0.546. The monoisotopic (exact) mass is 285 g/mol. The molecule has 0 aliphatic heterocycles. The lowest BCUT2D eigenvalue weighted by Crippen LogP contribution is -2.25. The Morgan fingerprint density at radius 3 is 2.32 bits per heavy atom. The number of ether oxygens (including phenoxy) is 1. The number of primary sulfonamides is 1. The molecule has 0 heterocycles. The van der Waals surface area contributed by atoms with E-state index in [0.29, 0.717) is 6.42 Å². The van der Waals surface area contributed by atoms with Crippen molar-refractivity contribution in [1.29, 1.82) is 0 Å². The van der Waals surface area contributed by atoms with E-state index in [1.807, 2.05) is 6.92 Å². The van der Waals surface area contributed by atoms with Gasteiger partial charge in [0.1, 0.15) is 5.60 Å². The second kappa shape index (κ2) is 5.30. The Morgan fingerprint density at radius 2 is 1.89 bits per heavy atom. The molecule has 0 spiro atoms. The summed E-state index contributed by atoms with van der Waals surface area (Å²) >= 11 is 0. The number of esters is 1. The maximum Gasteiger partial charge on any atom is 0.338 e. The van der Waals surface area contributed by atoms with Crippen molar-refractivity contribution in [3.63, 3.8) is 0 Å². The first-order valence-electron chi connectivity index (χ1n) is 5.93. The summed E-state index contributed by atoms with van der Waals surface area (Å²) in [6.07, 6.45) is 0.597. The number of carbonyl (C=O) groups excluding carboxylic acids is 1. The lowest BCUT2D eigenvalue weighted by molar-refractivity contribution is 0.00681. The van der Waals surface area contributed by atoms with Crippen LogP contribution in [0.5, 0.6) is 0 Å². The normalized spacial score (nSPS) is 12.3. The van der Waals surface area contributed by atoms with Gasteiger partial charge in [-0.15, -0.1) is 0 Å². The van der Waals surface area contributed by atoms with Crippen LogP contribution in [0.4, 0.5) is 0 Å². The highest BCUT2D eigenvalue weighted by atomic mass is 32.2. The predicted molar refractivity (Wildman–Crippen MR) is 72.4 cm³/mol. The summed E-state index contributed by atoms with van der Waals surface area (Å²) in [7, 11) is -3.84. The molecular formula is C13H19NO4S. The Balaban J connectivity index is 3.28. The van der Waals surface area contributed by atoms with E-state index >= 15 is 0 Å². The Labute approximate surface area is 113 Å². The number of hydrogen-bond donors (Lipinski definition) is 1. The highest BCUT2D eigenvalue weighted by molar-refractivity contribution is 7.89. The number of hydrogen-bond acceptors (Lipinski definition) is 4. The van der Waals surface area contributed by atoms with E-state index < -0.39 is 21.6 Å². The second-order valence-corrected chi connectivity index (χ2v) is 6.78. The average molecular weight is 285 g/mol. The Kier molecular flexibility index (Phi) is 4.37. The number of rotatable bonds is 3. The zero-order chi connectivity index (χ0) is 14.8. The fourth-order valence-corrected chi connectivity index (χ4v) is 2.10. The first kappa shape index (κ1) is 15.7. The molecule has 0 atom stereocenters. The van der Waals surface area contributed by atoms with E-state index in [2.05, 4.69) is 0 Å². The molecular weight excluding hydrogens is 266 g/mol. The van der Waals surface area contributed by atoms with E-state index in [-0.39, 0.29) is 10.5 Å². The zero-order valence-corrected chi connectivity index (χ0v) is 12.4. The van der Waals surface area contributed by atoms with Gasteiger partial charge in [0, 0.05) is 0 Å². The van der Waals surface area contributed by atoms with Gasteiger partial charge in [-0.05, 0) is 44.9 Å². The topological polar surface area (TPSA) is 86.5 Å². The molecule has 0 radical (unpaired) electrons. The van der Waals surface area contributed by atoms with Crippen LogP contribution in [0.1, 0.15) is 43.6 Å². The third-order valence-corrected chi connectivity index (χ3v) is 3.32. The quantitative estimate of drug-likeness (QED) is 0.859. The standard InChI is InChI=1S/C13H19NO4S/c1-5-9-6-7-10(19(14,16)17)8-11(9)12(15)18-13(2,3)4/h6-8H,5H2,1-4H3,(H2,14,16,17). The molecule has 0 aliphatic rings. The second-order valence-electron chi connectivity index (χ2n) is 5.22. The van der Waals surface area contributed by atoms with Crippen molar-refractivity contribution in [2.45, 2.75) is 44.6 Å². The molecule has 0 fully saturated rings. The van der Waals surface area contributed by atoms with Crippen LogP contribution in [-0.2, 0) is 21.2 Å². The van der Waals surface area contributed by atoms with Gasteiger partial charge in [0.15, 0.2) is 0 Å². The Morgan fingerprint density at radius 1 is 1.32 bits per heavy atom. The lowest BCUT2D eigenvalue weighted by Gasteiger charge is -2.20. The maximum atomic E-state index is 12.1. The number of nitrogens with two attached hydrogens (primary N) is 1. The summed E-state index contributed by atoms with van der Waals surface area (Å²) < 4.78 is 27.9. The fraction of sp³-hybridized carbons (Fsp3) is 0.462. The van der Waals surface area contributed by atoms with Gasteiger partial charge in [-0.1, -0.05) is 13.0 Å². The molecule has 0 aromatic heterocycles. The molecule has 0 saturated carbocycles. The molecule has 0 bridgehead atoms. The molecule has 0 unspecified atom stereocenters. The first-order chi connectivity index (χ1) is 8.54. The number of carbonyl (C=O) groups is 1. The zero-order valence-electron chi connectivity index (χ0n) is 11.6. The number of benzene rings is 1. The van der Waals surface area contributed by atoms with Gasteiger partial charge in [0.05, 0.1) is 10.5 Å². The van der Waals surface area contributed by atoms with Crippen molar-refractivity contribution in [3.8, 4) is 0 Å². The van der Waals surface area contributed by atoms with Crippen LogP contribution in [-0.4, -0.2) is 20.0 Å². The molecule has 1 rings (SSSR count). The minimum Gasteiger partial charge on any atom is -0.456 e. The molecule has 0 saturated heterocycles. The Bertz CT molecular complexity index is 585. The number of aryl methyl sites for hydroxylation is 1. The molecule has 19 heavy (non-hydrogen) atoms. The maximum absolute atomic E-state index is 12.1. The van der Waals surface area contributed by atoms with Crippen LogP contribution < -0.4 is 5.14 Å². The van der Waals surface area contributed by atoms with Crippen molar-refractivity contribution < 1.29 is 17.9 Å². The van der Waals surface area contributed by atoms with Gasteiger partial charge >= 0.3 is 5.97 Å². The van der Waals surface area contributed by atoms with Gasteiger partial charge in [-0.25, -0.2) is 18.4 Å². The number of sulfonamides is 1. The highest BCUT2D eigenvalue weighted by Crippen LogP contribution is 2.19. The Hall–Kier alpha value is -1.40.